The first-order chi connectivity index (χ1) is 10.9. The van der Waals surface area contributed by atoms with E-state index < -0.39 is 28.0 Å². The molecule has 0 amide bonds. The molecule has 0 aliphatic rings. The van der Waals surface area contributed by atoms with Gasteiger partial charge in [0.1, 0.15) is 17.2 Å². The normalized spacial score (nSPS) is 10.9. The second kappa shape index (κ2) is 5.28. The standard InChI is InChI=1S/C16H10F2N2O3/c1-9-7-10-8-11(20(22)23)5-6-14(10)19(9)16(21)15-12(17)3-2-4-13(15)18/h2-8H,1H3. The molecule has 1 heterocycles. The van der Waals surface area contributed by atoms with Gasteiger partial charge in [-0.3, -0.25) is 19.5 Å². The number of aromatic nitrogens is 1. The largest absolute Gasteiger partial charge is 0.280 e. The molecule has 0 aliphatic heterocycles. The van der Waals surface area contributed by atoms with Crippen LogP contribution in [0.25, 0.3) is 10.9 Å². The highest BCUT2D eigenvalue weighted by atomic mass is 19.1. The fourth-order valence-corrected chi connectivity index (χ4v) is 2.54. The topological polar surface area (TPSA) is 65.1 Å². The number of fused-ring (bicyclic) bond motifs is 1. The van der Waals surface area contributed by atoms with Crippen molar-refractivity contribution in [2.45, 2.75) is 6.92 Å². The lowest BCUT2D eigenvalue weighted by molar-refractivity contribution is -0.384. The van der Waals surface area contributed by atoms with Crippen LogP contribution in [0.2, 0.25) is 0 Å². The molecule has 7 heteroatoms. The van der Waals surface area contributed by atoms with Gasteiger partial charge in [0.15, 0.2) is 0 Å². The van der Waals surface area contributed by atoms with E-state index in [0.29, 0.717) is 16.6 Å². The third-order valence-electron chi connectivity index (χ3n) is 3.56. The number of nitro benzene ring substituents is 1. The van der Waals surface area contributed by atoms with E-state index in [1.165, 1.54) is 24.3 Å². The molecular formula is C16H10F2N2O3. The second-order valence-corrected chi connectivity index (χ2v) is 5.02. The van der Waals surface area contributed by atoms with Crippen LogP contribution in [0, 0.1) is 28.7 Å². The van der Waals surface area contributed by atoms with Crippen molar-refractivity contribution in [3.8, 4) is 0 Å². The van der Waals surface area contributed by atoms with Crippen molar-refractivity contribution in [3.05, 3.63) is 75.5 Å². The fourth-order valence-electron chi connectivity index (χ4n) is 2.54. The van der Waals surface area contributed by atoms with Crippen LogP contribution in [0.15, 0.2) is 42.5 Å². The molecular weight excluding hydrogens is 306 g/mol. The van der Waals surface area contributed by atoms with Crippen LogP contribution in [0.4, 0.5) is 14.5 Å². The van der Waals surface area contributed by atoms with Gasteiger partial charge in [0.25, 0.3) is 11.6 Å². The number of carbonyl (C=O) groups is 1. The van der Waals surface area contributed by atoms with E-state index in [0.717, 1.165) is 16.7 Å². The summed E-state index contributed by atoms with van der Waals surface area (Å²) in [6.45, 7) is 1.59. The Morgan fingerprint density at radius 1 is 1.13 bits per heavy atom. The molecule has 0 bridgehead atoms. The third-order valence-corrected chi connectivity index (χ3v) is 3.56. The molecule has 0 fully saturated rings. The maximum absolute atomic E-state index is 13.8. The Morgan fingerprint density at radius 3 is 2.39 bits per heavy atom. The summed E-state index contributed by atoms with van der Waals surface area (Å²) < 4.78 is 28.8. The molecule has 3 aromatic rings. The van der Waals surface area contributed by atoms with Gasteiger partial charge in [0.2, 0.25) is 0 Å². The number of carbonyl (C=O) groups excluding carboxylic acids is 1. The number of hydrogen-bond acceptors (Lipinski definition) is 3. The van der Waals surface area contributed by atoms with Gasteiger partial charge in [-0.25, -0.2) is 8.78 Å². The molecule has 5 nitrogen and oxygen atoms in total. The molecule has 0 spiro atoms. The van der Waals surface area contributed by atoms with Crippen molar-refractivity contribution in [1.29, 1.82) is 0 Å². The van der Waals surface area contributed by atoms with Crippen LogP contribution in [0.5, 0.6) is 0 Å². The average Bonchev–Trinajstić information content (AvgIpc) is 2.81. The fraction of sp³-hybridized carbons (Fsp3) is 0.0625. The first kappa shape index (κ1) is 14.8. The summed E-state index contributed by atoms with van der Waals surface area (Å²) in [5, 5.41) is 11.3. The number of nitro groups is 1. The van der Waals surface area contributed by atoms with Crippen molar-refractivity contribution in [2.75, 3.05) is 0 Å². The minimum Gasteiger partial charge on any atom is -0.280 e. The smallest absolute Gasteiger partial charge is 0.270 e. The van der Waals surface area contributed by atoms with E-state index >= 15 is 0 Å². The molecule has 0 saturated carbocycles. The molecule has 116 valence electrons. The third kappa shape index (κ3) is 2.36. The zero-order valence-electron chi connectivity index (χ0n) is 11.9. The predicted molar refractivity (Wildman–Crippen MR) is 79.4 cm³/mol. The molecule has 0 aliphatic carbocycles. The second-order valence-electron chi connectivity index (χ2n) is 5.02. The molecule has 0 atom stereocenters. The van der Waals surface area contributed by atoms with Gasteiger partial charge in [-0.15, -0.1) is 0 Å². The lowest BCUT2D eigenvalue weighted by atomic mass is 10.1. The van der Waals surface area contributed by atoms with Crippen molar-refractivity contribution in [2.24, 2.45) is 0 Å². The Balaban J connectivity index is 2.22. The van der Waals surface area contributed by atoms with E-state index in [1.807, 2.05) is 0 Å². The van der Waals surface area contributed by atoms with Crippen LogP contribution >= 0.6 is 0 Å². The summed E-state index contributed by atoms with van der Waals surface area (Å²) in [7, 11) is 0. The first-order valence-electron chi connectivity index (χ1n) is 6.65. The predicted octanol–water partition coefficient (Wildman–Crippen LogP) is 3.82. The SMILES string of the molecule is Cc1cc2cc([N+](=O)[O-])ccc2n1C(=O)c1c(F)cccc1F. The van der Waals surface area contributed by atoms with Crippen LogP contribution in [-0.2, 0) is 0 Å². The zero-order chi connectivity index (χ0) is 16.7. The Labute approximate surface area is 128 Å². The number of nitrogens with zero attached hydrogens (tertiary/aromatic N) is 2. The minimum atomic E-state index is -0.960. The van der Waals surface area contributed by atoms with Crippen LogP contribution in [0.1, 0.15) is 16.1 Å². The number of non-ortho nitro benzene ring substituents is 1. The van der Waals surface area contributed by atoms with Crippen LogP contribution in [-0.4, -0.2) is 15.4 Å². The average molecular weight is 316 g/mol. The molecule has 0 saturated heterocycles. The Kier molecular flexibility index (Phi) is 3.40. The zero-order valence-corrected chi connectivity index (χ0v) is 11.9. The molecule has 0 radical (unpaired) electrons. The van der Waals surface area contributed by atoms with Crippen molar-refractivity contribution >= 4 is 22.5 Å². The number of rotatable bonds is 2. The number of halogens is 2. The van der Waals surface area contributed by atoms with Gasteiger partial charge >= 0.3 is 0 Å². The van der Waals surface area contributed by atoms with E-state index in [4.69, 9.17) is 0 Å². The van der Waals surface area contributed by atoms with Gasteiger partial charge in [-0.2, -0.15) is 0 Å². The highest BCUT2D eigenvalue weighted by Gasteiger charge is 2.22. The maximum atomic E-state index is 13.8. The molecule has 1 aromatic heterocycles. The van der Waals surface area contributed by atoms with Gasteiger partial charge in [-0.1, -0.05) is 6.07 Å². The number of aryl methyl sites for hydroxylation is 1. The number of benzene rings is 2. The summed E-state index contributed by atoms with van der Waals surface area (Å²) in [5.74, 6) is -2.78. The summed E-state index contributed by atoms with van der Waals surface area (Å²) in [5.41, 5.74) is -0.0143. The lowest BCUT2D eigenvalue weighted by Crippen LogP contribution is -2.16. The molecule has 2 aromatic carbocycles. The van der Waals surface area contributed by atoms with Crippen molar-refractivity contribution in [1.82, 2.24) is 4.57 Å². The van der Waals surface area contributed by atoms with E-state index in [2.05, 4.69) is 0 Å². The summed E-state index contributed by atoms with van der Waals surface area (Å²) in [6, 6.07) is 8.67. The quantitative estimate of drug-likeness (QED) is 0.533. The van der Waals surface area contributed by atoms with Gasteiger partial charge in [0.05, 0.1) is 10.4 Å². The van der Waals surface area contributed by atoms with E-state index in [9.17, 15) is 23.7 Å². The van der Waals surface area contributed by atoms with Crippen LogP contribution < -0.4 is 0 Å². The first-order valence-corrected chi connectivity index (χ1v) is 6.65. The molecule has 23 heavy (non-hydrogen) atoms. The van der Waals surface area contributed by atoms with E-state index in [-0.39, 0.29) is 5.69 Å². The summed E-state index contributed by atoms with van der Waals surface area (Å²) in [4.78, 5) is 22.8. The lowest BCUT2D eigenvalue weighted by Gasteiger charge is -2.08. The van der Waals surface area contributed by atoms with E-state index in [1.54, 1.807) is 13.0 Å². The summed E-state index contributed by atoms with van der Waals surface area (Å²) in [6.07, 6.45) is 0. The Morgan fingerprint density at radius 2 is 1.78 bits per heavy atom. The Hall–Kier alpha value is -3.09. The van der Waals surface area contributed by atoms with Gasteiger partial charge < -0.3 is 0 Å². The number of hydrogen-bond donors (Lipinski definition) is 0. The maximum Gasteiger partial charge on any atom is 0.270 e. The molecule has 0 N–H and O–H groups in total. The highest BCUT2D eigenvalue weighted by Crippen LogP contribution is 2.26. The minimum absolute atomic E-state index is 0.126. The van der Waals surface area contributed by atoms with Crippen LogP contribution in [0.3, 0.4) is 0 Å². The van der Waals surface area contributed by atoms with Crippen molar-refractivity contribution < 1.29 is 18.5 Å². The molecule has 0 unspecified atom stereocenters. The molecule has 3 rings (SSSR count). The highest BCUT2D eigenvalue weighted by molar-refractivity contribution is 6.03. The summed E-state index contributed by atoms with van der Waals surface area (Å²) >= 11 is 0. The van der Waals surface area contributed by atoms with Gasteiger partial charge in [0, 0.05) is 23.2 Å². The monoisotopic (exact) mass is 316 g/mol. The Bertz CT molecular complexity index is 943. The van der Waals surface area contributed by atoms with Crippen molar-refractivity contribution in [3.63, 3.8) is 0 Å². The van der Waals surface area contributed by atoms with Gasteiger partial charge in [-0.05, 0) is 31.2 Å².